The Kier molecular flexibility index (Phi) is 9.89. The highest BCUT2D eigenvalue weighted by atomic mass is 32.1. The number of carboxylic acid groups (broad SMARTS) is 3. The minimum atomic E-state index is -2.74. The Balaban J connectivity index is 0.000000289. The molecule has 0 saturated heterocycles. The molecule has 0 spiro atoms. The van der Waals surface area contributed by atoms with Gasteiger partial charge in [0.15, 0.2) is 5.60 Å². The zero-order valence-electron chi connectivity index (χ0n) is 24.3. The number of fused-ring (bicyclic) bond motifs is 2. The van der Waals surface area contributed by atoms with E-state index in [1.807, 2.05) is 11.3 Å². The number of benzene rings is 2. The summed E-state index contributed by atoms with van der Waals surface area (Å²) in [5, 5.41) is 45.6. The highest BCUT2D eigenvalue weighted by Crippen LogP contribution is 2.47. The molecule has 0 radical (unpaired) electrons. The maximum absolute atomic E-state index is 13.9. The Morgan fingerprint density at radius 3 is 2.27 bits per heavy atom. The van der Waals surface area contributed by atoms with Crippen molar-refractivity contribution in [1.82, 2.24) is 9.88 Å². The van der Waals surface area contributed by atoms with Gasteiger partial charge in [-0.1, -0.05) is 24.3 Å². The van der Waals surface area contributed by atoms with Crippen LogP contribution in [0.5, 0.6) is 0 Å². The molecule has 5 rings (SSSR count). The van der Waals surface area contributed by atoms with Gasteiger partial charge in [0.25, 0.3) is 0 Å². The Morgan fingerprint density at radius 1 is 1.05 bits per heavy atom. The Morgan fingerprint density at radius 2 is 1.73 bits per heavy atom. The van der Waals surface area contributed by atoms with Crippen LogP contribution in [0.15, 0.2) is 54.6 Å². The van der Waals surface area contributed by atoms with Crippen LogP contribution in [0, 0.1) is 5.82 Å². The van der Waals surface area contributed by atoms with E-state index < -0.39 is 36.4 Å². The van der Waals surface area contributed by atoms with Gasteiger partial charge in [-0.15, -0.1) is 11.3 Å². The van der Waals surface area contributed by atoms with Gasteiger partial charge in [-0.05, 0) is 86.6 Å². The Bertz CT molecular complexity index is 1680. The quantitative estimate of drug-likeness (QED) is 0.144. The van der Waals surface area contributed by atoms with Crippen LogP contribution in [0.3, 0.4) is 0 Å². The zero-order valence-corrected chi connectivity index (χ0v) is 25.2. The molecule has 4 aromatic rings. The number of nitrogens with one attached hydrogen (secondary N) is 1. The molecule has 6 N–H and O–H groups in total. The molecule has 12 heteroatoms. The van der Waals surface area contributed by atoms with E-state index in [0.29, 0.717) is 6.42 Å². The van der Waals surface area contributed by atoms with Crippen LogP contribution in [0.4, 0.5) is 4.39 Å². The molecule has 2 aromatic heterocycles. The molecule has 10 nitrogen and oxygen atoms in total. The first-order valence-corrected chi connectivity index (χ1v) is 14.8. The van der Waals surface area contributed by atoms with E-state index in [0.717, 1.165) is 41.4 Å². The number of aromatic amines is 1. The number of carbonyl (C=O) groups is 3. The molecule has 0 amide bonds. The van der Waals surface area contributed by atoms with Gasteiger partial charge in [0, 0.05) is 32.8 Å². The number of aromatic nitrogens is 1. The zero-order chi connectivity index (χ0) is 32.2. The molecule has 234 valence electrons. The number of nitrogens with zero attached hydrogens (tertiary/aromatic N) is 1. The summed E-state index contributed by atoms with van der Waals surface area (Å²) >= 11 is 1.89. The van der Waals surface area contributed by atoms with Gasteiger partial charge in [-0.3, -0.25) is 14.5 Å². The number of aliphatic hydroxyl groups is 2. The Labute approximate surface area is 256 Å². The van der Waals surface area contributed by atoms with E-state index in [1.165, 1.54) is 26.6 Å². The second-order valence-corrected chi connectivity index (χ2v) is 12.2. The number of hydrogen-bond acceptors (Lipinski definition) is 7. The van der Waals surface area contributed by atoms with Gasteiger partial charge in [0.05, 0.1) is 18.4 Å². The minimum absolute atomic E-state index is 0.0253. The second-order valence-electron chi connectivity index (χ2n) is 11.1. The predicted molar refractivity (Wildman–Crippen MR) is 165 cm³/mol. The summed E-state index contributed by atoms with van der Waals surface area (Å²) in [6.45, 7) is 0.0488. The highest BCUT2D eigenvalue weighted by Gasteiger charge is 2.41. The molecule has 1 aliphatic rings. The highest BCUT2D eigenvalue weighted by molar-refractivity contribution is 7.19. The molecule has 0 bridgehead atoms. The first-order chi connectivity index (χ1) is 20.8. The molecule has 0 aliphatic heterocycles. The van der Waals surface area contributed by atoms with Crippen molar-refractivity contribution in [2.45, 2.75) is 49.7 Å². The lowest BCUT2D eigenvalue weighted by atomic mass is 9.79. The first kappa shape index (κ1) is 32.8. The monoisotopic (exact) mass is 626 g/mol. The molecular formula is C32H35FN2O8S. The van der Waals surface area contributed by atoms with Gasteiger partial charge in [-0.25, -0.2) is 9.18 Å². The molecule has 44 heavy (non-hydrogen) atoms. The molecule has 0 saturated carbocycles. The number of aliphatic hydroxyl groups excluding tert-OH is 1. The second kappa shape index (κ2) is 13.3. The third kappa shape index (κ3) is 6.83. The fourth-order valence-electron chi connectivity index (χ4n) is 5.71. The van der Waals surface area contributed by atoms with Gasteiger partial charge in [0.1, 0.15) is 5.82 Å². The van der Waals surface area contributed by atoms with Gasteiger partial charge in [-0.2, -0.15) is 0 Å². The summed E-state index contributed by atoms with van der Waals surface area (Å²) in [5.41, 5.74) is 1.49. The van der Waals surface area contributed by atoms with Crippen molar-refractivity contribution in [2.75, 3.05) is 20.7 Å². The van der Waals surface area contributed by atoms with E-state index >= 15 is 0 Å². The topological polar surface area (TPSA) is 171 Å². The third-order valence-electron chi connectivity index (χ3n) is 8.07. The number of aliphatic carboxylic acids is 3. The van der Waals surface area contributed by atoms with Crippen molar-refractivity contribution in [3.8, 4) is 0 Å². The Hall–Kier alpha value is -4.10. The van der Waals surface area contributed by atoms with Crippen molar-refractivity contribution in [1.29, 1.82) is 0 Å². The molecule has 0 fully saturated rings. The minimum Gasteiger partial charge on any atom is -0.481 e. The summed E-state index contributed by atoms with van der Waals surface area (Å²) in [6.07, 6.45) is 3.44. The van der Waals surface area contributed by atoms with E-state index in [9.17, 15) is 23.9 Å². The maximum Gasteiger partial charge on any atom is 0.336 e. The fourth-order valence-corrected chi connectivity index (χ4v) is 7.08. The van der Waals surface area contributed by atoms with Crippen LogP contribution in [-0.2, 0) is 26.3 Å². The predicted octanol–water partition coefficient (Wildman–Crippen LogP) is 4.83. The fraction of sp³-hybridized carbons (Fsp3) is 0.344. The SMILES string of the molecule is CN(C)C1(c2cc3ccccc3s2)CC=C(c2[nH]c3ccc(F)cc3c2CCO)CC1.O=C(O)CC(O)(CC(=O)O)C(=O)O. The smallest absolute Gasteiger partial charge is 0.336 e. The summed E-state index contributed by atoms with van der Waals surface area (Å²) < 4.78 is 15.2. The van der Waals surface area contributed by atoms with Crippen LogP contribution in [0.2, 0.25) is 0 Å². The van der Waals surface area contributed by atoms with Crippen molar-refractivity contribution >= 4 is 55.8 Å². The standard InChI is InChI=1S/C26H27FN2OS.C6H8O7/c1-29(2)26(24-15-18-5-3-4-6-23(18)31-24)12-9-17(10-13-26)25-20(11-14-30)21-16-19(27)7-8-22(21)28-25;7-3(8)1-6(13,5(11)12)2-4(9)10/h3-9,15-16,28,30H,10-14H2,1-2H3;13H,1-2H2,(H,7,8)(H,9,10)(H,11,12). The van der Waals surface area contributed by atoms with Gasteiger partial charge < -0.3 is 30.5 Å². The molecule has 1 atom stereocenters. The summed E-state index contributed by atoms with van der Waals surface area (Å²) in [5.74, 6) is -5.26. The lowest BCUT2D eigenvalue weighted by molar-refractivity contribution is -0.170. The van der Waals surface area contributed by atoms with Crippen LogP contribution in [0.25, 0.3) is 26.6 Å². The lowest BCUT2D eigenvalue weighted by Gasteiger charge is -2.41. The summed E-state index contributed by atoms with van der Waals surface area (Å²) in [4.78, 5) is 37.8. The van der Waals surface area contributed by atoms with Gasteiger partial charge in [0.2, 0.25) is 0 Å². The van der Waals surface area contributed by atoms with Crippen LogP contribution >= 0.6 is 11.3 Å². The van der Waals surface area contributed by atoms with Crippen molar-refractivity contribution in [3.63, 3.8) is 0 Å². The molecule has 1 unspecified atom stereocenters. The number of thiophene rings is 1. The normalized spacial score (nSPS) is 16.9. The van der Waals surface area contributed by atoms with E-state index in [1.54, 1.807) is 12.1 Å². The third-order valence-corrected chi connectivity index (χ3v) is 9.38. The first-order valence-electron chi connectivity index (χ1n) is 14.0. The number of allylic oxidation sites excluding steroid dienone is 1. The van der Waals surface area contributed by atoms with Crippen LogP contribution < -0.4 is 0 Å². The largest absolute Gasteiger partial charge is 0.481 e. The van der Waals surface area contributed by atoms with E-state index in [-0.39, 0.29) is 18.0 Å². The number of carboxylic acids is 3. The van der Waals surface area contributed by atoms with Crippen molar-refractivity contribution < 1.29 is 44.3 Å². The molecule has 2 aromatic carbocycles. The number of halogens is 1. The van der Waals surface area contributed by atoms with Crippen molar-refractivity contribution in [3.05, 3.63) is 76.6 Å². The average molecular weight is 627 g/mol. The summed E-state index contributed by atoms with van der Waals surface area (Å²) in [6, 6.07) is 15.8. The number of rotatable bonds is 10. The van der Waals surface area contributed by atoms with Crippen LogP contribution in [0.1, 0.15) is 48.2 Å². The van der Waals surface area contributed by atoms with Gasteiger partial charge >= 0.3 is 17.9 Å². The number of hydrogen-bond donors (Lipinski definition) is 6. The van der Waals surface area contributed by atoms with Crippen molar-refractivity contribution in [2.24, 2.45) is 0 Å². The number of H-pyrrole nitrogens is 1. The molecular weight excluding hydrogens is 591 g/mol. The molecule has 2 heterocycles. The van der Waals surface area contributed by atoms with Crippen LogP contribution in [-0.4, -0.2) is 79.6 Å². The lowest BCUT2D eigenvalue weighted by Crippen LogP contribution is -2.42. The maximum atomic E-state index is 13.9. The van der Waals surface area contributed by atoms with E-state index in [2.05, 4.69) is 60.4 Å². The summed E-state index contributed by atoms with van der Waals surface area (Å²) in [7, 11) is 4.35. The average Bonchev–Trinajstić information content (AvgIpc) is 3.55. The van der Waals surface area contributed by atoms with E-state index in [4.69, 9.17) is 20.4 Å². The molecule has 1 aliphatic carbocycles.